The standard InChI is InChI=1S/C11H9FN2O4/c12-7-2-1-3-8(4-7)17-6-9-13-10(18-14-9)5-11(15)16/h1-4H,5-6H2,(H,15,16). The monoisotopic (exact) mass is 252 g/mol. The quantitative estimate of drug-likeness (QED) is 0.866. The van der Waals surface area contributed by atoms with Crippen LogP contribution in [0.1, 0.15) is 11.7 Å². The van der Waals surface area contributed by atoms with Crippen LogP contribution >= 0.6 is 0 Å². The zero-order valence-corrected chi connectivity index (χ0v) is 9.17. The highest BCUT2D eigenvalue weighted by Gasteiger charge is 2.10. The van der Waals surface area contributed by atoms with E-state index in [0.29, 0.717) is 5.75 Å². The van der Waals surface area contributed by atoms with Crippen molar-refractivity contribution in [1.29, 1.82) is 0 Å². The predicted molar refractivity (Wildman–Crippen MR) is 56.4 cm³/mol. The van der Waals surface area contributed by atoms with Crippen LogP contribution < -0.4 is 4.74 Å². The number of halogens is 1. The Hall–Kier alpha value is -2.44. The fraction of sp³-hybridized carbons (Fsp3) is 0.182. The second-order valence-corrected chi connectivity index (χ2v) is 3.42. The lowest BCUT2D eigenvalue weighted by atomic mass is 10.3. The van der Waals surface area contributed by atoms with E-state index in [-0.39, 0.29) is 24.7 Å². The first kappa shape index (κ1) is 12.0. The van der Waals surface area contributed by atoms with Gasteiger partial charge in [-0.1, -0.05) is 11.2 Å². The van der Waals surface area contributed by atoms with Gasteiger partial charge in [-0.3, -0.25) is 4.79 Å². The first-order chi connectivity index (χ1) is 8.63. The van der Waals surface area contributed by atoms with Gasteiger partial charge >= 0.3 is 5.97 Å². The molecular weight excluding hydrogens is 243 g/mol. The van der Waals surface area contributed by atoms with Gasteiger partial charge in [0.2, 0.25) is 11.7 Å². The van der Waals surface area contributed by atoms with Gasteiger partial charge in [0, 0.05) is 6.07 Å². The molecule has 2 rings (SSSR count). The first-order valence-electron chi connectivity index (χ1n) is 5.05. The molecule has 18 heavy (non-hydrogen) atoms. The smallest absolute Gasteiger partial charge is 0.312 e. The van der Waals surface area contributed by atoms with Crippen molar-refractivity contribution in [2.24, 2.45) is 0 Å². The van der Waals surface area contributed by atoms with Gasteiger partial charge in [0.25, 0.3) is 0 Å². The number of aromatic nitrogens is 2. The highest BCUT2D eigenvalue weighted by Crippen LogP contribution is 2.13. The van der Waals surface area contributed by atoms with E-state index in [1.54, 1.807) is 6.07 Å². The Bertz CT molecular complexity index is 555. The van der Waals surface area contributed by atoms with Crippen LogP contribution in [-0.4, -0.2) is 21.2 Å². The molecule has 0 aliphatic rings. The minimum absolute atomic E-state index is 0.000317. The van der Waals surface area contributed by atoms with Crippen LogP contribution in [0.3, 0.4) is 0 Å². The van der Waals surface area contributed by atoms with Crippen molar-refractivity contribution in [2.45, 2.75) is 13.0 Å². The lowest BCUT2D eigenvalue weighted by Crippen LogP contribution is -2.01. The molecule has 1 heterocycles. The SMILES string of the molecule is O=C(O)Cc1nc(COc2cccc(F)c2)no1. The lowest BCUT2D eigenvalue weighted by Gasteiger charge is -2.02. The van der Waals surface area contributed by atoms with Crippen molar-refractivity contribution >= 4 is 5.97 Å². The van der Waals surface area contributed by atoms with E-state index >= 15 is 0 Å². The minimum Gasteiger partial charge on any atom is -0.485 e. The summed E-state index contributed by atoms with van der Waals surface area (Å²) in [7, 11) is 0. The molecule has 1 aromatic heterocycles. The molecule has 0 aliphatic heterocycles. The number of hydrogen-bond acceptors (Lipinski definition) is 5. The fourth-order valence-corrected chi connectivity index (χ4v) is 1.25. The van der Waals surface area contributed by atoms with Crippen LogP contribution in [0.2, 0.25) is 0 Å². The number of aliphatic carboxylic acids is 1. The number of rotatable bonds is 5. The van der Waals surface area contributed by atoms with Crippen LogP contribution in [0.4, 0.5) is 4.39 Å². The average Bonchev–Trinajstić information content (AvgIpc) is 2.73. The number of hydrogen-bond donors (Lipinski definition) is 1. The Morgan fingerprint density at radius 2 is 2.33 bits per heavy atom. The maximum Gasteiger partial charge on any atom is 0.312 e. The van der Waals surface area contributed by atoms with Gasteiger partial charge in [-0.25, -0.2) is 4.39 Å². The Kier molecular flexibility index (Phi) is 3.52. The fourth-order valence-electron chi connectivity index (χ4n) is 1.25. The van der Waals surface area contributed by atoms with E-state index in [1.165, 1.54) is 18.2 Å². The largest absolute Gasteiger partial charge is 0.485 e. The summed E-state index contributed by atoms with van der Waals surface area (Å²) in [5.41, 5.74) is 0. The number of carboxylic acids is 1. The summed E-state index contributed by atoms with van der Waals surface area (Å²) < 4.78 is 22.8. The zero-order valence-electron chi connectivity index (χ0n) is 9.17. The summed E-state index contributed by atoms with van der Waals surface area (Å²) in [6.45, 7) is -0.0213. The van der Waals surface area contributed by atoms with E-state index in [0.717, 1.165) is 0 Å². The zero-order chi connectivity index (χ0) is 13.0. The molecular formula is C11H9FN2O4. The van der Waals surface area contributed by atoms with Gasteiger partial charge in [0.05, 0.1) is 0 Å². The topological polar surface area (TPSA) is 85.5 Å². The Morgan fingerprint density at radius 1 is 1.50 bits per heavy atom. The normalized spacial score (nSPS) is 10.3. The average molecular weight is 252 g/mol. The van der Waals surface area contributed by atoms with Crippen LogP contribution in [0.5, 0.6) is 5.75 Å². The second-order valence-electron chi connectivity index (χ2n) is 3.42. The second kappa shape index (κ2) is 5.26. The molecule has 7 heteroatoms. The van der Waals surface area contributed by atoms with Crippen molar-refractivity contribution in [1.82, 2.24) is 10.1 Å². The molecule has 0 unspecified atom stereocenters. The molecule has 0 radical (unpaired) electrons. The molecule has 1 N–H and O–H groups in total. The van der Waals surface area contributed by atoms with E-state index < -0.39 is 11.8 Å². The number of benzene rings is 1. The molecule has 0 saturated heterocycles. The van der Waals surface area contributed by atoms with Crippen molar-refractivity contribution in [3.05, 3.63) is 41.8 Å². The Labute approximate surface area is 101 Å². The maximum atomic E-state index is 12.8. The number of carbonyl (C=O) groups is 1. The molecule has 2 aromatic rings. The number of nitrogens with zero attached hydrogens (tertiary/aromatic N) is 2. The van der Waals surface area contributed by atoms with Crippen LogP contribution in [0.25, 0.3) is 0 Å². The van der Waals surface area contributed by atoms with Crippen molar-refractivity contribution in [3.8, 4) is 5.75 Å². The van der Waals surface area contributed by atoms with Crippen LogP contribution in [-0.2, 0) is 17.8 Å². The number of carboxylic acid groups (broad SMARTS) is 1. The van der Waals surface area contributed by atoms with Gasteiger partial charge in [-0.2, -0.15) is 4.98 Å². The molecule has 94 valence electrons. The number of ether oxygens (including phenoxy) is 1. The van der Waals surface area contributed by atoms with E-state index in [1.807, 2.05) is 0 Å². The minimum atomic E-state index is -1.06. The van der Waals surface area contributed by atoms with Crippen molar-refractivity contribution < 1.29 is 23.6 Å². The maximum absolute atomic E-state index is 12.8. The summed E-state index contributed by atoms with van der Waals surface area (Å²) in [4.78, 5) is 14.2. The molecule has 0 saturated carbocycles. The highest BCUT2D eigenvalue weighted by molar-refractivity contribution is 5.68. The van der Waals surface area contributed by atoms with E-state index in [9.17, 15) is 9.18 Å². The van der Waals surface area contributed by atoms with E-state index in [2.05, 4.69) is 10.1 Å². The predicted octanol–water partition coefficient (Wildman–Crippen LogP) is 1.41. The third kappa shape index (κ3) is 3.27. The summed E-state index contributed by atoms with van der Waals surface area (Å²) in [6.07, 6.45) is -0.340. The third-order valence-electron chi connectivity index (χ3n) is 1.98. The lowest BCUT2D eigenvalue weighted by molar-refractivity contribution is -0.136. The molecule has 1 aromatic carbocycles. The van der Waals surface area contributed by atoms with Crippen LogP contribution in [0.15, 0.2) is 28.8 Å². The molecule has 0 atom stereocenters. The van der Waals surface area contributed by atoms with Gasteiger partial charge in [-0.05, 0) is 12.1 Å². The Balaban J connectivity index is 1.94. The summed E-state index contributed by atoms with van der Waals surface area (Å²) in [5, 5.41) is 12.1. The van der Waals surface area contributed by atoms with E-state index in [4.69, 9.17) is 14.4 Å². The van der Waals surface area contributed by atoms with Gasteiger partial charge in [-0.15, -0.1) is 0 Å². The molecule has 0 aliphatic carbocycles. The van der Waals surface area contributed by atoms with Crippen molar-refractivity contribution in [3.63, 3.8) is 0 Å². The van der Waals surface area contributed by atoms with Gasteiger partial charge in [0.15, 0.2) is 6.61 Å². The molecule has 0 spiro atoms. The van der Waals surface area contributed by atoms with Crippen LogP contribution in [0, 0.1) is 5.82 Å². The van der Waals surface area contributed by atoms with Crippen molar-refractivity contribution in [2.75, 3.05) is 0 Å². The highest BCUT2D eigenvalue weighted by atomic mass is 19.1. The van der Waals surface area contributed by atoms with Gasteiger partial charge in [0.1, 0.15) is 18.0 Å². The third-order valence-corrected chi connectivity index (χ3v) is 1.98. The first-order valence-corrected chi connectivity index (χ1v) is 5.05. The summed E-state index contributed by atoms with van der Waals surface area (Å²) in [6, 6.07) is 5.61. The summed E-state index contributed by atoms with van der Waals surface area (Å²) >= 11 is 0. The molecule has 0 amide bonds. The van der Waals surface area contributed by atoms with Gasteiger partial charge < -0.3 is 14.4 Å². The molecule has 0 fully saturated rings. The molecule has 6 nitrogen and oxygen atoms in total. The Morgan fingerprint density at radius 3 is 3.06 bits per heavy atom. The summed E-state index contributed by atoms with van der Waals surface area (Å²) in [5.74, 6) is -0.932. The molecule has 0 bridgehead atoms.